The normalized spacial score (nSPS) is 12.9. The Morgan fingerprint density at radius 1 is 0.610 bits per heavy atom. The Kier molecular flexibility index (Phi) is 12.3. The van der Waals surface area contributed by atoms with Crippen LogP contribution in [0.3, 0.4) is 0 Å². The molecule has 7 aromatic rings. The minimum Gasteiger partial charge on any atom is -0.350 e. The van der Waals surface area contributed by atoms with Crippen LogP contribution in [-0.4, -0.2) is 52.8 Å². The molecule has 0 N–H and O–H groups in total. The van der Waals surface area contributed by atoms with E-state index in [2.05, 4.69) is 96.0 Å². The lowest BCUT2D eigenvalue weighted by Crippen LogP contribution is -2.32. The van der Waals surface area contributed by atoms with Crippen molar-refractivity contribution in [2.75, 3.05) is 22.9 Å². The quantitative estimate of drug-likeness (QED) is 0.162. The number of imidazole rings is 1. The van der Waals surface area contributed by atoms with Gasteiger partial charge in [0, 0.05) is 92.5 Å². The number of hydrogen-bond acceptors (Lipinski definition) is 11. The van der Waals surface area contributed by atoms with Gasteiger partial charge in [0.1, 0.15) is 17.8 Å². The fourth-order valence-corrected chi connectivity index (χ4v) is 7.58. The Morgan fingerprint density at radius 3 is 1.80 bits per heavy atom. The van der Waals surface area contributed by atoms with Crippen molar-refractivity contribution in [3.8, 4) is 23.3 Å². The molecule has 2 aliphatic heterocycles. The Hall–Kier alpha value is -7.05. The molecule has 0 aliphatic carbocycles. The first-order chi connectivity index (χ1) is 28.8. The summed E-state index contributed by atoms with van der Waals surface area (Å²) in [6.07, 6.45) is 13.5. The van der Waals surface area contributed by atoms with E-state index in [9.17, 15) is 5.26 Å². The monoisotopic (exact) mass is 780 g/mol. The Morgan fingerprint density at radius 2 is 1.19 bits per heavy atom. The van der Waals surface area contributed by atoms with E-state index in [1.165, 1.54) is 27.9 Å². The lowest BCUT2D eigenvalue weighted by molar-refractivity contribution is 0.688. The predicted molar refractivity (Wildman–Crippen MR) is 230 cm³/mol. The second kappa shape index (κ2) is 18.0. The zero-order valence-corrected chi connectivity index (χ0v) is 34.6. The largest absolute Gasteiger partial charge is 0.350 e. The Bertz CT molecular complexity index is 2690. The zero-order valence-electron chi connectivity index (χ0n) is 34.6. The second-order valence-electron chi connectivity index (χ2n) is 14.7. The van der Waals surface area contributed by atoms with Crippen LogP contribution in [0.2, 0.25) is 0 Å². The molecule has 12 heteroatoms. The summed E-state index contributed by atoms with van der Waals surface area (Å²) < 4.78 is 2.01. The van der Waals surface area contributed by atoms with E-state index in [4.69, 9.17) is 15.2 Å². The van der Waals surface area contributed by atoms with Gasteiger partial charge in [-0.1, -0.05) is 50.2 Å². The van der Waals surface area contributed by atoms with Crippen molar-refractivity contribution in [1.82, 2.24) is 39.7 Å². The van der Waals surface area contributed by atoms with Gasteiger partial charge in [-0.2, -0.15) is 10.5 Å². The van der Waals surface area contributed by atoms with E-state index in [1.54, 1.807) is 6.20 Å². The smallest absolute Gasteiger partial charge is 0.166 e. The number of pyridine rings is 3. The average Bonchev–Trinajstić information content (AvgIpc) is 3.76. The lowest BCUT2D eigenvalue weighted by Gasteiger charge is -2.30. The van der Waals surface area contributed by atoms with Crippen LogP contribution < -0.4 is 9.80 Å². The summed E-state index contributed by atoms with van der Waals surface area (Å²) in [4.78, 5) is 18.2. The summed E-state index contributed by atoms with van der Waals surface area (Å²) in [6, 6.07) is 23.4. The average molecular weight is 781 g/mol. The fraction of sp³-hybridized carbons (Fsp3) is 0.298. The van der Waals surface area contributed by atoms with Gasteiger partial charge < -0.3 is 14.2 Å². The molecule has 296 valence electrons. The minimum atomic E-state index is 0.391. The third kappa shape index (κ3) is 8.63. The minimum absolute atomic E-state index is 0.391. The van der Waals surface area contributed by atoms with Crippen LogP contribution in [0.5, 0.6) is 0 Å². The van der Waals surface area contributed by atoms with Crippen molar-refractivity contribution in [2.45, 2.75) is 80.3 Å². The number of aryl methyl sites for hydroxylation is 2. The van der Waals surface area contributed by atoms with E-state index < -0.39 is 0 Å². The van der Waals surface area contributed by atoms with Crippen LogP contribution in [0, 0.1) is 50.4 Å². The summed E-state index contributed by atoms with van der Waals surface area (Å²) >= 11 is 0. The Labute approximate surface area is 345 Å². The van der Waals surface area contributed by atoms with Crippen LogP contribution in [0.25, 0.3) is 16.8 Å². The van der Waals surface area contributed by atoms with Crippen molar-refractivity contribution in [2.24, 2.45) is 0 Å². The lowest BCUT2D eigenvalue weighted by atomic mass is 9.99. The molecule has 12 nitrogen and oxygen atoms in total. The molecule has 8 heterocycles. The summed E-state index contributed by atoms with van der Waals surface area (Å²) in [5.41, 5.74) is 15.1. The number of rotatable bonds is 6. The number of benzene rings is 1. The molecule has 0 saturated carbocycles. The van der Waals surface area contributed by atoms with Crippen molar-refractivity contribution in [3.63, 3.8) is 0 Å². The number of aromatic nitrogens is 8. The maximum Gasteiger partial charge on any atom is 0.166 e. The van der Waals surface area contributed by atoms with Crippen molar-refractivity contribution in [3.05, 3.63) is 153 Å². The maximum absolute atomic E-state index is 9.19. The van der Waals surface area contributed by atoms with Gasteiger partial charge in [0.2, 0.25) is 0 Å². The molecular weight excluding hydrogens is 733 g/mol. The molecule has 2 aliphatic rings. The molecule has 0 spiro atoms. The van der Waals surface area contributed by atoms with Crippen LogP contribution in [-0.2, 0) is 38.8 Å². The topological polar surface area (TPSA) is 149 Å². The first-order valence-corrected chi connectivity index (χ1v) is 20.2. The highest BCUT2D eigenvalue weighted by Gasteiger charge is 2.24. The van der Waals surface area contributed by atoms with Crippen LogP contribution >= 0.6 is 0 Å². The second-order valence-corrected chi connectivity index (χ2v) is 14.7. The fourth-order valence-electron chi connectivity index (χ4n) is 7.58. The molecule has 0 unspecified atom stereocenters. The van der Waals surface area contributed by atoms with E-state index in [-0.39, 0.29) is 0 Å². The molecule has 6 aromatic heterocycles. The number of fused-ring (bicyclic) bond motifs is 3. The first-order valence-electron chi connectivity index (χ1n) is 20.2. The van der Waals surface area contributed by atoms with E-state index in [0.29, 0.717) is 11.4 Å². The summed E-state index contributed by atoms with van der Waals surface area (Å²) in [5, 5.41) is 35.2. The summed E-state index contributed by atoms with van der Waals surface area (Å²) in [6.45, 7) is 15.1. The summed E-state index contributed by atoms with van der Waals surface area (Å²) in [5.74, 6) is 1.72. The standard InChI is InChI=1S/C23H23N5.C22H19N7.C2H6/c1-16-17(2)23(27-26-22(16)13-24)28-11-10-21-20(15-28)12-19(14-25-21)9-8-18-6-4-3-5-7-18;1-14-15(2)22(27-26-20(14)10-23)29-7-5-19-18(13-29)9-17(11-25-19)16-3-4-21-24-6-8-28(21)12-16;1-2/h3-7,12,14H,8-11,15H2,1-2H3;3-4,6,8-9,11-12H,5,7,13H2,1-2H3;1-2H3. The molecule has 0 atom stereocenters. The molecule has 0 fully saturated rings. The van der Waals surface area contributed by atoms with Crippen LogP contribution in [0.15, 0.2) is 85.6 Å². The maximum atomic E-state index is 9.19. The highest BCUT2D eigenvalue weighted by Crippen LogP contribution is 2.30. The van der Waals surface area contributed by atoms with E-state index in [0.717, 1.165) is 108 Å². The molecule has 1 aromatic carbocycles. The van der Waals surface area contributed by atoms with Gasteiger partial charge in [-0.15, -0.1) is 20.4 Å². The molecular formula is C47H48N12. The molecule has 59 heavy (non-hydrogen) atoms. The molecule has 0 amide bonds. The molecule has 0 bridgehead atoms. The van der Waals surface area contributed by atoms with Crippen molar-refractivity contribution in [1.29, 1.82) is 10.5 Å². The number of anilines is 2. The van der Waals surface area contributed by atoms with Crippen molar-refractivity contribution >= 4 is 17.3 Å². The predicted octanol–water partition coefficient (Wildman–Crippen LogP) is 7.97. The SMILES string of the molecule is CC.Cc1c(C#N)nnc(N2CCc3ncc(-c4ccc5nccn5c4)cc3C2)c1C.Cc1c(C#N)nnc(N2CCc3ncc(CCc4ccccc4)cc3C2)c1C. The van der Waals surface area contributed by atoms with Crippen LogP contribution in [0.4, 0.5) is 11.6 Å². The zero-order chi connectivity index (χ0) is 41.5. The highest BCUT2D eigenvalue weighted by atomic mass is 15.3. The van der Waals surface area contributed by atoms with Gasteiger partial charge in [-0.05, 0) is 103 Å². The van der Waals surface area contributed by atoms with Gasteiger partial charge in [-0.25, -0.2) is 4.98 Å². The van der Waals surface area contributed by atoms with Gasteiger partial charge in [-0.3, -0.25) is 9.97 Å². The van der Waals surface area contributed by atoms with Gasteiger partial charge in [0.05, 0.1) is 0 Å². The third-order valence-corrected chi connectivity index (χ3v) is 11.2. The molecule has 9 rings (SSSR count). The highest BCUT2D eigenvalue weighted by molar-refractivity contribution is 5.65. The van der Waals surface area contributed by atoms with Crippen LogP contribution in [0.1, 0.15) is 81.1 Å². The number of nitrogens with zero attached hydrogens (tertiary/aromatic N) is 12. The number of hydrogen-bond donors (Lipinski definition) is 0. The van der Waals surface area contributed by atoms with E-state index in [1.807, 2.05) is 76.7 Å². The molecule has 0 saturated heterocycles. The van der Waals surface area contributed by atoms with Gasteiger partial charge in [0.25, 0.3) is 0 Å². The van der Waals surface area contributed by atoms with Gasteiger partial charge in [0.15, 0.2) is 23.0 Å². The number of nitriles is 2. The molecule has 0 radical (unpaired) electrons. The van der Waals surface area contributed by atoms with Crippen molar-refractivity contribution < 1.29 is 0 Å². The van der Waals surface area contributed by atoms with E-state index >= 15 is 0 Å². The Balaban J connectivity index is 0.000000172. The third-order valence-electron chi connectivity index (χ3n) is 11.2. The first kappa shape index (κ1) is 40.2. The summed E-state index contributed by atoms with van der Waals surface area (Å²) in [7, 11) is 0. The van der Waals surface area contributed by atoms with Gasteiger partial charge >= 0.3 is 0 Å².